The lowest BCUT2D eigenvalue weighted by molar-refractivity contribution is 0.0526. The molecular weight excluding hydrogens is 330 g/mol. The Kier molecular flexibility index (Phi) is 5.86. The number of hydrogen-bond acceptors (Lipinski definition) is 5. The topological polar surface area (TPSA) is 79.4 Å². The molecule has 6 nitrogen and oxygen atoms in total. The summed E-state index contributed by atoms with van der Waals surface area (Å²) in [6.07, 6.45) is 2.48. The predicted molar refractivity (Wildman–Crippen MR) is 100 cm³/mol. The van der Waals surface area contributed by atoms with Gasteiger partial charge < -0.3 is 15.2 Å². The van der Waals surface area contributed by atoms with Crippen LogP contribution < -0.4 is 10.5 Å². The van der Waals surface area contributed by atoms with Gasteiger partial charge in [0, 0.05) is 5.39 Å². The molecule has 0 aliphatic carbocycles. The first-order valence-corrected chi connectivity index (χ1v) is 8.76. The van der Waals surface area contributed by atoms with E-state index >= 15 is 0 Å². The number of fused-ring (bicyclic) bond motifs is 1. The number of hydrogen-bond donors (Lipinski definition) is 1. The molecule has 1 aromatic heterocycles. The van der Waals surface area contributed by atoms with Crippen molar-refractivity contribution < 1.29 is 14.3 Å². The second-order valence-corrected chi connectivity index (χ2v) is 5.91. The van der Waals surface area contributed by atoms with Gasteiger partial charge in [0.1, 0.15) is 11.3 Å². The third-order valence-corrected chi connectivity index (χ3v) is 3.99. The number of carbonyl (C=O) groups excluding carboxylic acids is 1. The third-order valence-electron chi connectivity index (χ3n) is 3.99. The van der Waals surface area contributed by atoms with E-state index in [2.05, 4.69) is 17.2 Å². The maximum atomic E-state index is 12.1. The molecule has 0 aliphatic heterocycles. The molecule has 0 amide bonds. The third kappa shape index (κ3) is 4.03. The normalized spacial score (nSPS) is 10.8. The number of carbonyl (C=O) groups is 1. The zero-order valence-corrected chi connectivity index (χ0v) is 14.9. The number of rotatable bonds is 8. The summed E-state index contributed by atoms with van der Waals surface area (Å²) in [5.41, 5.74) is 8.02. The molecule has 0 saturated heterocycles. The van der Waals surface area contributed by atoms with Crippen LogP contribution in [0.25, 0.3) is 10.9 Å². The number of benzene rings is 2. The quantitative estimate of drug-likeness (QED) is 0.497. The highest BCUT2D eigenvalue weighted by molar-refractivity contribution is 5.97. The van der Waals surface area contributed by atoms with E-state index in [1.165, 1.54) is 0 Å². The maximum absolute atomic E-state index is 12.1. The van der Waals surface area contributed by atoms with Crippen molar-refractivity contribution in [2.24, 2.45) is 5.73 Å². The smallest absolute Gasteiger partial charge is 0.338 e. The van der Waals surface area contributed by atoms with Crippen LogP contribution in [0.1, 0.15) is 29.3 Å². The van der Waals surface area contributed by atoms with E-state index < -0.39 is 0 Å². The lowest BCUT2D eigenvalue weighted by atomic mass is 10.1. The van der Waals surface area contributed by atoms with Gasteiger partial charge in [-0.2, -0.15) is 5.10 Å². The van der Waals surface area contributed by atoms with E-state index in [-0.39, 0.29) is 5.97 Å². The van der Waals surface area contributed by atoms with Crippen LogP contribution in [0.15, 0.2) is 48.7 Å². The molecule has 1 heterocycles. The van der Waals surface area contributed by atoms with Crippen molar-refractivity contribution in [3.8, 4) is 5.75 Å². The van der Waals surface area contributed by atoms with Crippen molar-refractivity contribution in [2.45, 2.75) is 19.9 Å². The van der Waals surface area contributed by atoms with Gasteiger partial charge in [0.05, 0.1) is 31.5 Å². The Balaban J connectivity index is 2.00. The van der Waals surface area contributed by atoms with Crippen LogP contribution in [0.3, 0.4) is 0 Å². The van der Waals surface area contributed by atoms with Crippen LogP contribution in [0.2, 0.25) is 0 Å². The summed E-state index contributed by atoms with van der Waals surface area (Å²) in [4.78, 5) is 12.1. The van der Waals surface area contributed by atoms with Gasteiger partial charge in [-0.25, -0.2) is 4.79 Å². The van der Waals surface area contributed by atoms with Gasteiger partial charge in [-0.1, -0.05) is 30.3 Å². The molecule has 136 valence electrons. The fourth-order valence-corrected chi connectivity index (χ4v) is 2.78. The van der Waals surface area contributed by atoms with Crippen LogP contribution in [-0.4, -0.2) is 35.5 Å². The fourth-order valence-electron chi connectivity index (χ4n) is 2.78. The lowest BCUT2D eigenvalue weighted by Crippen LogP contribution is -2.09. The predicted octanol–water partition coefficient (Wildman–Crippen LogP) is 2.99. The second-order valence-electron chi connectivity index (χ2n) is 5.91. The van der Waals surface area contributed by atoms with Crippen LogP contribution in [0, 0.1) is 0 Å². The molecule has 2 aromatic carbocycles. The largest absolute Gasteiger partial charge is 0.491 e. The Labute approximate surface area is 152 Å². The van der Waals surface area contributed by atoms with Crippen LogP contribution in [-0.2, 0) is 11.3 Å². The summed E-state index contributed by atoms with van der Waals surface area (Å²) in [7, 11) is 0. The van der Waals surface area contributed by atoms with Crippen LogP contribution in [0.4, 0.5) is 0 Å². The van der Waals surface area contributed by atoms with E-state index in [9.17, 15) is 4.79 Å². The average molecular weight is 353 g/mol. The van der Waals surface area contributed by atoms with Crippen molar-refractivity contribution >= 4 is 16.9 Å². The molecule has 0 aliphatic rings. The van der Waals surface area contributed by atoms with Gasteiger partial charge in [0.15, 0.2) is 0 Å². The van der Waals surface area contributed by atoms with Crippen molar-refractivity contribution in [2.75, 3.05) is 19.8 Å². The van der Waals surface area contributed by atoms with Gasteiger partial charge in [0.2, 0.25) is 0 Å². The number of nitrogens with two attached hydrogens (primary N) is 1. The Morgan fingerprint density at radius 2 is 2.04 bits per heavy atom. The van der Waals surface area contributed by atoms with E-state index in [1.807, 2.05) is 22.9 Å². The molecule has 2 N–H and O–H groups in total. The summed E-state index contributed by atoms with van der Waals surface area (Å²) in [6, 6.07) is 13.6. The van der Waals surface area contributed by atoms with Gasteiger partial charge in [-0.05, 0) is 37.6 Å². The van der Waals surface area contributed by atoms with Gasteiger partial charge in [-0.3, -0.25) is 4.68 Å². The molecule has 3 aromatic rings. The highest BCUT2D eigenvalue weighted by atomic mass is 16.5. The van der Waals surface area contributed by atoms with Crippen molar-refractivity contribution in [3.63, 3.8) is 0 Å². The Morgan fingerprint density at radius 1 is 1.23 bits per heavy atom. The fraction of sp³-hybridized carbons (Fsp3) is 0.300. The van der Waals surface area contributed by atoms with Gasteiger partial charge in [-0.15, -0.1) is 0 Å². The summed E-state index contributed by atoms with van der Waals surface area (Å²) in [5, 5.41) is 5.33. The summed E-state index contributed by atoms with van der Waals surface area (Å²) < 4.78 is 12.9. The number of ether oxygens (including phenoxy) is 2. The Hall–Kier alpha value is -2.86. The zero-order valence-electron chi connectivity index (χ0n) is 14.9. The minimum Gasteiger partial charge on any atom is -0.491 e. The minimum atomic E-state index is -0.367. The summed E-state index contributed by atoms with van der Waals surface area (Å²) in [5.74, 6) is 0.251. The molecule has 26 heavy (non-hydrogen) atoms. The molecule has 0 bridgehead atoms. The first-order valence-electron chi connectivity index (χ1n) is 8.76. The van der Waals surface area contributed by atoms with Crippen LogP contribution >= 0.6 is 0 Å². The first-order chi connectivity index (χ1) is 12.7. The van der Waals surface area contributed by atoms with E-state index in [0.717, 1.165) is 22.9 Å². The van der Waals surface area contributed by atoms with Crippen molar-refractivity contribution in [1.29, 1.82) is 0 Å². The average Bonchev–Trinajstić information content (AvgIpc) is 3.06. The highest BCUT2D eigenvalue weighted by Crippen LogP contribution is 2.29. The minimum absolute atomic E-state index is 0.327. The zero-order chi connectivity index (χ0) is 18.4. The summed E-state index contributed by atoms with van der Waals surface area (Å²) >= 11 is 0. The standard InChI is InChI=1S/C20H23N3O3/c1-2-25-20(24)16-11-17-13-22-23(14-15-7-4-3-5-8-15)19(17)18(12-16)26-10-6-9-21/h3-5,7-8,11-13H,2,6,9-10,14,21H2,1H3. The maximum Gasteiger partial charge on any atom is 0.338 e. The monoisotopic (exact) mass is 353 g/mol. The second kappa shape index (κ2) is 8.49. The van der Waals surface area contributed by atoms with Crippen molar-refractivity contribution in [3.05, 3.63) is 59.8 Å². The van der Waals surface area contributed by atoms with Crippen LogP contribution in [0.5, 0.6) is 5.75 Å². The first kappa shape index (κ1) is 17.9. The Morgan fingerprint density at radius 3 is 2.77 bits per heavy atom. The van der Waals surface area contributed by atoms with E-state index in [1.54, 1.807) is 25.3 Å². The SMILES string of the molecule is CCOC(=O)c1cc(OCCCN)c2c(cnn2Cc2ccccc2)c1. The highest BCUT2D eigenvalue weighted by Gasteiger charge is 2.16. The van der Waals surface area contributed by atoms with Gasteiger partial charge >= 0.3 is 5.97 Å². The van der Waals surface area contributed by atoms with Crippen molar-refractivity contribution in [1.82, 2.24) is 9.78 Å². The molecule has 3 rings (SSSR count). The molecule has 6 heteroatoms. The summed E-state index contributed by atoms with van der Waals surface area (Å²) in [6.45, 7) is 3.76. The van der Waals surface area contributed by atoms with E-state index in [4.69, 9.17) is 15.2 Å². The number of esters is 1. The van der Waals surface area contributed by atoms with E-state index in [0.29, 0.717) is 37.6 Å². The molecule has 0 radical (unpaired) electrons. The lowest BCUT2D eigenvalue weighted by Gasteiger charge is -2.12. The number of aromatic nitrogens is 2. The van der Waals surface area contributed by atoms with Gasteiger partial charge in [0.25, 0.3) is 0 Å². The molecular formula is C20H23N3O3. The number of nitrogens with zero attached hydrogens (tertiary/aromatic N) is 2. The molecule has 0 saturated carbocycles. The molecule has 0 fully saturated rings. The Bertz CT molecular complexity index is 875. The molecule has 0 atom stereocenters. The molecule has 0 spiro atoms. The molecule has 0 unspecified atom stereocenters.